The normalized spacial score (nSPS) is 10.0. The van der Waals surface area contributed by atoms with E-state index >= 15 is 0 Å². The van der Waals surface area contributed by atoms with Crippen LogP contribution in [0.25, 0.3) is 0 Å². The van der Waals surface area contributed by atoms with Crippen molar-refractivity contribution in [3.05, 3.63) is 64.7 Å². The van der Waals surface area contributed by atoms with Gasteiger partial charge in [0.2, 0.25) is 0 Å². The Bertz CT molecular complexity index is 750. The number of carbonyl (C=O) groups excluding carboxylic acids is 1. The number of ether oxygens (including phenoxy) is 1. The van der Waals surface area contributed by atoms with E-state index in [1.165, 1.54) is 19.1 Å². The van der Waals surface area contributed by atoms with Gasteiger partial charge in [0, 0.05) is 5.69 Å². The van der Waals surface area contributed by atoms with Crippen LogP contribution in [0.15, 0.2) is 42.5 Å². The van der Waals surface area contributed by atoms with E-state index in [1.807, 2.05) is 6.07 Å². The van der Waals surface area contributed by atoms with Gasteiger partial charge in [0.05, 0.1) is 11.1 Å². The molecule has 2 aromatic carbocycles. The minimum absolute atomic E-state index is 0.0356. The number of carboxylic acid groups (broad SMARTS) is 2. The second-order valence-corrected chi connectivity index (χ2v) is 4.99. The van der Waals surface area contributed by atoms with Crippen LogP contribution in [-0.2, 0) is 11.3 Å². The highest BCUT2D eigenvalue weighted by molar-refractivity contribution is 5.99. The highest BCUT2D eigenvalue weighted by Gasteiger charge is 2.18. The monoisotopic (exact) mass is 329 g/mol. The molecule has 24 heavy (non-hydrogen) atoms. The molecule has 124 valence electrons. The Balaban J connectivity index is 2.15. The summed E-state index contributed by atoms with van der Waals surface area (Å²) in [4.78, 5) is 34.2. The van der Waals surface area contributed by atoms with Gasteiger partial charge in [-0.2, -0.15) is 0 Å². The van der Waals surface area contributed by atoms with Gasteiger partial charge in [0.25, 0.3) is 0 Å². The first-order chi connectivity index (χ1) is 11.4. The van der Waals surface area contributed by atoms with Crippen molar-refractivity contribution in [3.8, 4) is 0 Å². The molecular weight excluding hydrogens is 314 g/mol. The highest BCUT2D eigenvalue weighted by Crippen LogP contribution is 2.21. The number of aromatic carboxylic acids is 2. The molecule has 0 atom stereocenters. The molecule has 0 bridgehead atoms. The number of rotatable bonds is 5. The lowest BCUT2D eigenvalue weighted by atomic mass is 10.0. The van der Waals surface area contributed by atoms with E-state index in [0.717, 1.165) is 5.56 Å². The smallest absolute Gasteiger partial charge is 0.411 e. The molecule has 0 aromatic heterocycles. The summed E-state index contributed by atoms with van der Waals surface area (Å²) in [6.07, 6.45) is -0.810. The molecule has 0 fully saturated rings. The van der Waals surface area contributed by atoms with E-state index in [1.54, 1.807) is 24.3 Å². The molecule has 0 aliphatic rings. The van der Waals surface area contributed by atoms with E-state index in [0.29, 0.717) is 0 Å². The van der Waals surface area contributed by atoms with Crippen molar-refractivity contribution in [1.29, 1.82) is 0 Å². The van der Waals surface area contributed by atoms with Gasteiger partial charge in [-0.25, -0.2) is 14.4 Å². The summed E-state index contributed by atoms with van der Waals surface area (Å²) in [6, 6.07) is 11.4. The lowest BCUT2D eigenvalue weighted by Gasteiger charge is -2.11. The topological polar surface area (TPSA) is 113 Å². The Kier molecular flexibility index (Phi) is 5.16. The summed E-state index contributed by atoms with van der Waals surface area (Å²) in [5.74, 6) is -2.56. The van der Waals surface area contributed by atoms with Crippen LogP contribution < -0.4 is 5.32 Å². The Morgan fingerprint density at radius 1 is 1.00 bits per heavy atom. The SMILES string of the molecule is Cc1c(C(=O)O)cc(NC(=O)OCc2ccccc2)cc1C(=O)O. The van der Waals surface area contributed by atoms with Gasteiger partial charge in [-0.1, -0.05) is 30.3 Å². The van der Waals surface area contributed by atoms with Crippen LogP contribution in [-0.4, -0.2) is 28.2 Å². The van der Waals surface area contributed by atoms with Crippen molar-refractivity contribution >= 4 is 23.7 Å². The van der Waals surface area contributed by atoms with Crippen LogP contribution in [0.5, 0.6) is 0 Å². The average molecular weight is 329 g/mol. The largest absolute Gasteiger partial charge is 0.478 e. The highest BCUT2D eigenvalue weighted by atomic mass is 16.5. The van der Waals surface area contributed by atoms with Gasteiger partial charge in [0.1, 0.15) is 6.61 Å². The predicted molar refractivity (Wildman–Crippen MR) is 85.3 cm³/mol. The molecule has 2 aromatic rings. The van der Waals surface area contributed by atoms with Gasteiger partial charge >= 0.3 is 18.0 Å². The van der Waals surface area contributed by atoms with Gasteiger partial charge in [0.15, 0.2) is 0 Å². The van der Waals surface area contributed by atoms with Crippen LogP contribution >= 0.6 is 0 Å². The van der Waals surface area contributed by atoms with Crippen LogP contribution in [0.3, 0.4) is 0 Å². The predicted octanol–water partition coefficient (Wildman–Crippen LogP) is 3.14. The maximum Gasteiger partial charge on any atom is 0.411 e. The van der Waals surface area contributed by atoms with Gasteiger partial charge < -0.3 is 14.9 Å². The van der Waals surface area contributed by atoms with Crippen molar-refractivity contribution in [2.75, 3.05) is 5.32 Å². The Hall–Kier alpha value is -3.35. The Labute approximate surface area is 137 Å². The zero-order valence-corrected chi connectivity index (χ0v) is 12.8. The van der Waals surface area contributed by atoms with Gasteiger partial charge in [-0.3, -0.25) is 5.32 Å². The molecule has 0 saturated carbocycles. The van der Waals surface area contributed by atoms with E-state index in [4.69, 9.17) is 14.9 Å². The van der Waals surface area contributed by atoms with Crippen LogP contribution in [0.1, 0.15) is 31.8 Å². The molecule has 0 unspecified atom stereocenters. The quantitative estimate of drug-likeness (QED) is 0.776. The number of hydrogen-bond donors (Lipinski definition) is 3. The van der Waals surface area contributed by atoms with Crippen molar-refractivity contribution in [1.82, 2.24) is 0 Å². The summed E-state index contributed by atoms with van der Waals surface area (Å²) in [6.45, 7) is 1.43. The summed E-state index contributed by atoms with van der Waals surface area (Å²) in [7, 11) is 0. The molecule has 0 saturated heterocycles. The minimum atomic E-state index is -1.28. The molecule has 7 nitrogen and oxygen atoms in total. The number of nitrogens with one attached hydrogen (secondary N) is 1. The van der Waals surface area contributed by atoms with Crippen molar-refractivity contribution < 1.29 is 29.3 Å². The summed E-state index contributed by atoms with van der Waals surface area (Å²) in [5, 5.41) is 20.6. The minimum Gasteiger partial charge on any atom is -0.478 e. The molecule has 0 aliphatic carbocycles. The van der Waals surface area contributed by atoms with E-state index in [9.17, 15) is 14.4 Å². The molecule has 0 spiro atoms. The number of anilines is 1. The molecule has 0 heterocycles. The van der Waals surface area contributed by atoms with Crippen LogP contribution in [0.4, 0.5) is 10.5 Å². The number of carboxylic acids is 2. The zero-order chi connectivity index (χ0) is 17.7. The molecule has 7 heteroatoms. The maximum atomic E-state index is 11.8. The van der Waals surface area contributed by atoms with Crippen LogP contribution in [0, 0.1) is 6.92 Å². The average Bonchev–Trinajstić information content (AvgIpc) is 2.55. The second-order valence-electron chi connectivity index (χ2n) is 4.99. The first kappa shape index (κ1) is 17.0. The lowest BCUT2D eigenvalue weighted by Crippen LogP contribution is -2.16. The van der Waals surface area contributed by atoms with Gasteiger partial charge in [-0.05, 0) is 30.2 Å². The van der Waals surface area contributed by atoms with Gasteiger partial charge in [-0.15, -0.1) is 0 Å². The third-order valence-corrected chi connectivity index (χ3v) is 3.33. The molecule has 1 amide bonds. The molecule has 2 rings (SSSR count). The number of carbonyl (C=O) groups is 3. The Morgan fingerprint density at radius 3 is 2.04 bits per heavy atom. The van der Waals surface area contributed by atoms with Crippen molar-refractivity contribution in [2.24, 2.45) is 0 Å². The second kappa shape index (κ2) is 7.28. The number of amides is 1. The third-order valence-electron chi connectivity index (χ3n) is 3.33. The molecule has 0 radical (unpaired) electrons. The lowest BCUT2D eigenvalue weighted by molar-refractivity contribution is 0.0696. The molecule has 3 N–H and O–H groups in total. The third kappa shape index (κ3) is 4.10. The fraction of sp³-hybridized carbons (Fsp3) is 0.118. The Morgan fingerprint density at radius 2 is 1.54 bits per heavy atom. The van der Waals surface area contributed by atoms with E-state index < -0.39 is 18.0 Å². The zero-order valence-electron chi connectivity index (χ0n) is 12.8. The van der Waals surface area contributed by atoms with E-state index in [-0.39, 0.29) is 29.0 Å². The summed E-state index contributed by atoms with van der Waals surface area (Å²) in [5.41, 5.74) is 0.530. The molecule has 0 aliphatic heterocycles. The molecular formula is C17H15NO6. The van der Waals surface area contributed by atoms with Crippen molar-refractivity contribution in [3.63, 3.8) is 0 Å². The van der Waals surface area contributed by atoms with Crippen molar-refractivity contribution in [2.45, 2.75) is 13.5 Å². The fourth-order valence-electron chi connectivity index (χ4n) is 2.11. The number of benzene rings is 2. The maximum absolute atomic E-state index is 11.8. The van der Waals surface area contributed by atoms with Crippen LogP contribution in [0.2, 0.25) is 0 Å². The first-order valence-electron chi connectivity index (χ1n) is 6.97. The fourth-order valence-corrected chi connectivity index (χ4v) is 2.11. The summed E-state index contributed by atoms with van der Waals surface area (Å²) >= 11 is 0. The number of hydrogen-bond acceptors (Lipinski definition) is 4. The standard InChI is InChI=1S/C17H15NO6/c1-10-13(15(19)20)7-12(8-14(10)16(21)22)18-17(23)24-9-11-5-3-2-4-6-11/h2-8H,9H2,1H3,(H,18,23)(H,19,20)(H,21,22). The van der Waals surface area contributed by atoms with E-state index in [2.05, 4.69) is 5.32 Å². The summed E-state index contributed by atoms with van der Waals surface area (Å²) < 4.78 is 5.02. The first-order valence-corrected chi connectivity index (χ1v) is 6.97.